The lowest BCUT2D eigenvalue weighted by atomic mass is 10.2. The van der Waals surface area contributed by atoms with Crippen LogP contribution in [0.5, 0.6) is 0 Å². The van der Waals surface area contributed by atoms with Crippen LogP contribution in [0, 0.1) is 0 Å². The lowest BCUT2D eigenvalue weighted by Crippen LogP contribution is -2.44. The third kappa shape index (κ3) is 6.19. The quantitative estimate of drug-likeness (QED) is 0.585. The molecule has 1 fully saturated rings. The molecule has 0 aliphatic carbocycles. The molecule has 1 saturated heterocycles. The first kappa shape index (κ1) is 20.6. The Hall–Kier alpha value is -2.71. The van der Waals surface area contributed by atoms with Gasteiger partial charge in [0.25, 0.3) is 5.92 Å². The van der Waals surface area contributed by atoms with E-state index in [1.54, 1.807) is 51.1 Å². The molecular weight excluding hydrogens is 364 g/mol. The highest BCUT2D eigenvalue weighted by molar-refractivity contribution is 5.88. The van der Waals surface area contributed by atoms with Crippen LogP contribution in [0.3, 0.4) is 0 Å². The molecule has 1 aromatic carbocycles. The number of benzene rings is 1. The average molecular weight is 385 g/mol. The van der Waals surface area contributed by atoms with Crippen molar-refractivity contribution in [2.75, 3.05) is 6.54 Å². The minimum atomic E-state index is -3.30. The van der Waals surface area contributed by atoms with E-state index in [0.29, 0.717) is 10.5 Å². The lowest BCUT2D eigenvalue weighted by Gasteiger charge is -2.26. The van der Waals surface area contributed by atoms with Crippen molar-refractivity contribution in [3.8, 4) is 0 Å². The smallest absolute Gasteiger partial charge is 0.444 e. The fourth-order valence-corrected chi connectivity index (χ4v) is 2.44. The van der Waals surface area contributed by atoms with Gasteiger partial charge in [0.1, 0.15) is 18.2 Å². The van der Waals surface area contributed by atoms with Crippen molar-refractivity contribution in [1.29, 1.82) is 0 Å². The largest absolute Gasteiger partial charge is 0.516 e. The predicted molar refractivity (Wildman–Crippen MR) is 89.0 cm³/mol. The lowest BCUT2D eigenvalue weighted by molar-refractivity contribution is -0.145. The molecule has 9 heteroatoms. The van der Waals surface area contributed by atoms with Gasteiger partial charge in [0.05, 0.1) is 6.54 Å². The molecule has 27 heavy (non-hydrogen) atoms. The van der Waals surface area contributed by atoms with Gasteiger partial charge < -0.3 is 14.2 Å². The van der Waals surface area contributed by atoms with E-state index in [0.717, 1.165) is 0 Å². The summed E-state index contributed by atoms with van der Waals surface area (Å²) < 4.78 is 41.8. The van der Waals surface area contributed by atoms with E-state index < -0.39 is 48.7 Å². The first-order valence-corrected chi connectivity index (χ1v) is 8.27. The molecule has 1 aliphatic heterocycles. The number of rotatable bonds is 3. The molecule has 0 unspecified atom stereocenters. The van der Waals surface area contributed by atoms with E-state index in [2.05, 4.69) is 4.74 Å². The highest BCUT2D eigenvalue weighted by atomic mass is 19.3. The van der Waals surface area contributed by atoms with E-state index in [1.165, 1.54) is 0 Å². The van der Waals surface area contributed by atoms with Crippen molar-refractivity contribution >= 4 is 18.2 Å². The van der Waals surface area contributed by atoms with Gasteiger partial charge in [-0.1, -0.05) is 30.3 Å². The number of amides is 1. The van der Waals surface area contributed by atoms with E-state index in [4.69, 9.17) is 9.47 Å². The summed E-state index contributed by atoms with van der Waals surface area (Å²) in [5, 5.41) is 0. The molecule has 1 amide bonds. The summed E-state index contributed by atoms with van der Waals surface area (Å²) in [5.74, 6) is -4.59. The normalized spacial score (nSPS) is 18.7. The molecule has 7 nitrogen and oxygen atoms in total. The van der Waals surface area contributed by atoms with Crippen LogP contribution >= 0.6 is 0 Å². The number of ether oxygens (including phenoxy) is 3. The topological polar surface area (TPSA) is 82.1 Å². The highest BCUT2D eigenvalue weighted by Crippen LogP contribution is 2.33. The van der Waals surface area contributed by atoms with Crippen LogP contribution in [0.4, 0.5) is 18.4 Å². The zero-order chi connectivity index (χ0) is 20.2. The first-order chi connectivity index (χ1) is 12.5. The molecule has 0 radical (unpaired) electrons. The fourth-order valence-electron chi connectivity index (χ4n) is 2.44. The highest BCUT2D eigenvalue weighted by Gasteiger charge is 2.52. The van der Waals surface area contributed by atoms with Crippen molar-refractivity contribution < 1.29 is 37.4 Å². The van der Waals surface area contributed by atoms with Gasteiger partial charge in [0.2, 0.25) is 0 Å². The van der Waals surface area contributed by atoms with Gasteiger partial charge in [0.15, 0.2) is 0 Å². The molecule has 1 aliphatic rings. The van der Waals surface area contributed by atoms with Crippen LogP contribution in [-0.2, 0) is 25.6 Å². The van der Waals surface area contributed by atoms with Crippen LogP contribution in [0.2, 0.25) is 0 Å². The monoisotopic (exact) mass is 385 g/mol. The van der Waals surface area contributed by atoms with Gasteiger partial charge in [0, 0.05) is 6.42 Å². The van der Waals surface area contributed by atoms with Crippen LogP contribution in [0.15, 0.2) is 30.3 Å². The summed E-state index contributed by atoms with van der Waals surface area (Å²) in [6.45, 7) is 3.54. The van der Waals surface area contributed by atoms with Gasteiger partial charge in [-0.15, -0.1) is 0 Å². The minimum absolute atomic E-state index is 0.149. The summed E-state index contributed by atoms with van der Waals surface area (Å²) >= 11 is 0. The van der Waals surface area contributed by atoms with Crippen LogP contribution in [-0.4, -0.2) is 47.2 Å². The van der Waals surface area contributed by atoms with Crippen LogP contribution in [0.1, 0.15) is 32.8 Å². The Bertz CT molecular complexity index is 702. The van der Waals surface area contributed by atoms with Crippen molar-refractivity contribution in [2.45, 2.75) is 51.4 Å². The van der Waals surface area contributed by atoms with Gasteiger partial charge in [-0.2, -0.15) is 0 Å². The van der Waals surface area contributed by atoms with Gasteiger partial charge in [-0.05, 0) is 26.3 Å². The van der Waals surface area contributed by atoms with Crippen molar-refractivity contribution in [3.05, 3.63) is 35.9 Å². The number of alkyl halides is 2. The Labute approximate surface area is 155 Å². The number of hydrogen-bond acceptors (Lipinski definition) is 6. The third-order valence-electron chi connectivity index (χ3n) is 3.55. The van der Waals surface area contributed by atoms with Gasteiger partial charge >= 0.3 is 18.2 Å². The zero-order valence-electron chi connectivity index (χ0n) is 15.2. The van der Waals surface area contributed by atoms with Crippen molar-refractivity contribution in [1.82, 2.24) is 4.90 Å². The molecule has 0 spiro atoms. The number of nitrogens with zero attached hydrogens (tertiary/aromatic N) is 1. The maximum absolute atomic E-state index is 13.7. The van der Waals surface area contributed by atoms with Gasteiger partial charge in [-0.3, -0.25) is 4.90 Å². The molecule has 148 valence electrons. The molecule has 0 N–H and O–H groups in total. The zero-order valence-corrected chi connectivity index (χ0v) is 15.2. The predicted octanol–water partition coefficient (Wildman–Crippen LogP) is 3.51. The summed E-state index contributed by atoms with van der Waals surface area (Å²) in [7, 11) is 0. The maximum Gasteiger partial charge on any atom is 0.516 e. The Balaban J connectivity index is 1.97. The summed E-state index contributed by atoms with van der Waals surface area (Å²) in [6.07, 6.45) is -3.38. The Kier molecular flexibility index (Phi) is 6.02. The molecule has 0 bridgehead atoms. The molecular formula is C18H21F2NO6. The van der Waals surface area contributed by atoms with E-state index >= 15 is 0 Å². The second kappa shape index (κ2) is 7.89. The van der Waals surface area contributed by atoms with E-state index in [9.17, 15) is 23.2 Å². The minimum Gasteiger partial charge on any atom is -0.444 e. The number of carbonyl (C=O) groups excluding carboxylic acids is 3. The summed E-state index contributed by atoms with van der Waals surface area (Å²) in [4.78, 5) is 36.5. The first-order valence-electron chi connectivity index (χ1n) is 8.27. The van der Waals surface area contributed by atoms with Crippen LogP contribution in [0.25, 0.3) is 0 Å². The average Bonchev–Trinajstić information content (AvgIpc) is 2.88. The molecule has 0 aromatic heterocycles. The maximum atomic E-state index is 13.7. The van der Waals surface area contributed by atoms with E-state index in [-0.39, 0.29) is 6.61 Å². The SMILES string of the molecule is CC(C)(C)OC(=O)N1CC(F)(F)C[C@@H]1C(=O)OC(=O)OCc1ccccc1. The summed E-state index contributed by atoms with van der Waals surface area (Å²) in [5.41, 5.74) is -0.275. The third-order valence-corrected chi connectivity index (χ3v) is 3.55. The molecule has 0 saturated carbocycles. The molecule has 1 heterocycles. The molecule has 1 aromatic rings. The number of halogens is 2. The second-order valence-electron chi connectivity index (χ2n) is 7.13. The Morgan fingerprint density at radius 1 is 1.19 bits per heavy atom. The van der Waals surface area contributed by atoms with Crippen LogP contribution < -0.4 is 0 Å². The Morgan fingerprint density at radius 3 is 2.41 bits per heavy atom. The molecule has 1 atom stereocenters. The Morgan fingerprint density at radius 2 is 1.81 bits per heavy atom. The molecule has 2 rings (SSSR count). The number of carbonyl (C=O) groups is 3. The second-order valence-corrected chi connectivity index (χ2v) is 7.13. The number of likely N-dealkylation sites (tertiary alicyclic amines) is 1. The fraction of sp³-hybridized carbons (Fsp3) is 0.500. The standard InChI is InChI=1S/C18H21F2NO6/c1-17(2,3)27-15(23)21-11-18(19,20)9-13(21)14(22)26-16(24)25-10-12-7-5-4-6-8-12/h4-8,13H,9-11H2,1-3H3/t13-/m1/s1. The van der Waals surface area contributed by atoms with Crippen molar-refractivity contribution in [2.24, 2.45) is 0 Å². The number of esters is 1. The number of hydrogen-bond donors (Lipinski definition) is 0. The summed E-state index contributed by atoms with van der Waals surface area (Å²) in [6, 6.07) is 6.98. The van der Waals surface area contributed by atoms with Gasteiger partial charge in [-0.25, -0.2) is 23.2 Å². The van der Waals surface area contributed by atoms with Crippen molar-refractivity contribution in [3.63, 3.8) is 0 Å². The van der Waals surface area contributed by atoms with E-state index in [1.807, 2.05) is 0 Å².